The number of anilines is 1. The van der Waals surface area contributed by atoms with Gasteiger partial charge in [-0.2, -0.15) is 0 Å². The zero-order valence-electron chi connectivity index (χ0n) is 8.27. The van der Waals surface area contributed by atoms with Gasteiger partial charge in [-0.25, -0.2) is 0 Å². The van der Waals surface area contributed by atoms with E-state index in [4.69, 9.17) is 0 Å². The van der Waals surface area contributed by atoms with Gasteiger partial charge in [-0.15, -0.1) is 11.3 Å². The van der Waals surface area contributed by atoms with Crippen LogP contribution in [0.3, 0.4) is 0 Å². The Balaban J connectivity index is 2.08. The summed E-state index contributed by atoms with van der Waals surface area (Å²) >= 11 is 1.70. The number of carbonyl (C=O) groups is 1. The number of carbonyl (C=O) groups excluding carboxylic acids is 1. The zero-order valence-corrected chi connectivity index (χ0v) is 9.09. The lowest BCUT2D eigenvalue weighted by atomic mass is 10.3. The highest BCUT2D eigenvalue weighted by molar-refractivity contribution is 7.23. The van der Waals surface area contributed by atoms with E-state index < -0.39 is 0 Å². The Morgan fingerprint density at radius 1 is 1.27 bits per heavy atom. The first-order valence-electron chi connectivity index (χ1n) is 5.13. The highest BCUT2D eigenvalue weighted by Gasteiger charge is 2.22. The van der Waals surface area contributed by atoms with Crippen LogP contribution < -0.4 is 4.90 Å². The molecule has 1 aliphatic heterocycles. The summed E-state index contributed by atoms with van der Waals surface area (Å²) in [7, 11) is 0. The molecule has 3 heteroatoms. The van der Waals surface area contributed by atoms with Crippen molar-refractivity contribution in [1.29, 1.82) is 0 Å². The van der Waals surface area contributed by atoms with Gasteiger partial charge in [0.25, 0.3) is 0 Å². The molecule has 76 valence electrons. The van der Waals surface area contributed by atoms with Crippen molar-refractivity contribution in [3.63, 3.8) is 0 Å². The Kier molecular flexibility index (Phi) is 1.99. The van der Waals surface area contributed by atoms with Gasteiger partial charge in [-0.3, -0.25) is 4.79 Å². The van der Waals surface area contributed by atoms with E-state index in [-0.39, 0.29) is 5.91 Å². The fraction of sp³-hybridized carbons (Fsp3) is 0.250. The van der Waals surface area contributed by atoms with E-state index in [1.54, 1.807) is 11.3 Å². The fourth-order valence-corrected chi connectivity index (χ4v) is 3.09. The van der Waals surface area contributed by atoms with Crippen molar-refractivity contribution in [1.82, 2.24) is 0 Å². The highest BCUT2D eigenvalue weighted by Crippen LogP contribution is 2.34. The van der Waals surface area contributed by atoms with E-state index in [0.29, 0.717) is 6.42 Å². The molecule has 1 aliphatic rings. The van der Waals surface area contributed by atoms with E-state index in [1.165, 1.54) is 10.1 Å². The van der Waals surface area contributed by atoms with Crippen molar-refractivity contribution in [2.75, 3.05) is 11.4 Å². The fourth-order valence-electron chi connectivity index (χ4n) is 1.98. The zero-order chi connectivity index (χ0) is 10.3. The number of benzene rings is 1. The molecule has 0 spiro atoms. The van der Waals surface area contributed by atoms with Crippen LogP contribution in [0.5, 0.6) is 0 Å². The second-order valence-corrected chi connectivity index (χ2v) is 4.83. The third-order valence-corrected chi connectivity index (χ3v) is 3.89. The molecule has 1 saturated heterocycles. The number of nitrogens with zero attached hydrogens (tertiary/aromatic N) is 1. The van der Waals surface area contributed by atoms with Crippen molar-refractivity contribution in [3.8, 4) is 0 Å². The van der Waals surface area contributed by atoms with E-state index in [9.17, 15) is 4.79 Å². The largest absolute Gasteiger partial charge is 0.304 e. The maximum atomic E-state index is 11.6. The predicted octanol–water partition coefficient (Wildman–Crippen LogP) is 3.03. The Morgan fingerprint density at radius 3 is 2.87 bits per heavy atom. The standard InChI is InChI=1S/C12H11NOS/c14-11-6-3-7-13(11)12-8-9-4-1-2-5-10(9)15-12/h1-2,4-5,8H,3,6-7H2. The molecule has 0 unspecified atom stereocenters. The van der Waals surface area contributed by atoms with Gasteiger partial charge in [-0.1, -0.05) is 18.2 Å². The average molecular weight is 217 g/mol. The average Bonchev–Trinajstić information content (AvgIpc) is 2.82. The van der Waals surface area contributed by atoms with Crippen LogP contribution in [0, 0.1) is 0 Å². The van der Waals surface area contributed by atoms with Gasteiger partial charge in [-0.05, 0) is 23.9 Å². The molecule has 0 aliphatic carbocycles. The summed E-state index contributed by atoms with van der Waals surface area (Å²) in [5.74, 6) is 0.265. The summed E-state index contributed by atoms with van der Waals surface area (Å²) in [4.78, 5) is 13.5. The maximum absolute atomic E-state index is 11.6. The van der Waals surface area contributed by atoms with Crippen LogP contribution in [0.2, 0.25) is 0 Å². The minimum atomic E-state index is 0.265. The number of amides is 1. The molecule has 2 nitrogen and oxygen atoms in total. The third kappa shape index (κ3) is 1.43. The summed E-state index contributed by atoms with van der Waals surface area (Å²) in [5, 5.41) is 2.33. The normalized spacial score (nSPS) is 16.5. The topological polar surface area (TPSA) is 20.3 Å². The van der Waals surface area contributed by atoms with Gasteiger partial charge in [0.1, 0.15) is 0 Å². The number of rotatable bonds is 1. The molecule has 0 bridgehead atoms. The predicted molar refractivity (Wildman–Crippen MR) is 63.4 cm³/mol. The van der Waals surface area contributed by atoms with E-state index in [1.807, 2.05) is 17.0 Å². The van der Waals surface area contributed by atoms with Crippen LogP contribution in [0.25, 0.3) is 10.1 Å². The lowest BCUT2D eigenvalue weighted by molar-refractivity contribution is -0.117. The van der Waals surface area contributed by atoms with Gasteiger partial charge < -0.3 is 4.90 Å². The van der Waals surface area contributed by atoms with Gasteiger partial charge >= 0.3 is 0 Å². The van der Waals surface area contributed by atoms with Crippen molar-refractivity contribution in [2.24, 2.45) is 0 Å². The number of hydrogen-bond donors (Lipinski definition) is 0. The molecule has 0 radical (unpaired) electrons. The van der Waals surface area contributed by atoms with Gasteiger partial charge in [0.2, 0.25) is 5.91 Å². The summed E-state index contributed by atoms with van der Waals surface area (Å²) in [5.41, 5.74) is 0. The minimum absolute atomic E-state index is 0.265. The monoisotopic (exact) mass is 217 g/mol. The Hall–Kier alpha value is -1.35. The van der Waals surface area contributed by atoms with Crippen LogP contribution in [-0.4, -0.2) is 12.5 Å². The molecule has 15 heavy (non-hydrogen) atoms. The summed E-state index contributed by atoms with van der Waals surface area (Å²) in [6.07, 6.45) is 1.70. The number of fused-ring (bicyclic) bond motifs is 1. The molecule has 1 fully saturated rings. The second kappa shape index (κ2) is 3.35. The van der Waals surface area contributed by atoms with Crippen LogP contribution in [0.1, 0.15) is 12.8 Å². The van der Waals surface area contributed by atoms with Crippen molar-refractivity contribution >= 4 is 32.3 Å². The van der Waals surface area contributed by atoms with Crippen LogP contribution in [0.15, 0.2) is 30.3 Å². The molecule has 1 amide bonds. The van der Waals surface area contributed by atoms with Gasteiger partial charge in [0.15, 0.2) is 0 Å². The molecule has 0 atom stereocenters. The summed E-state index contributed by atoms with van der Waals surface area (Å²) < 4.78 is 1.26. The van der Waals surface area contributed by atoms with Gasteiger partial charge in [0.05, 0.1) is 5.00 Å². The molecule has 1 aromatic carbocycles. The quantitative estimate of drug-likeness (QED) is 0.719. The first-order valence-corrected chi connectivity index (χ1v) is 5.95. The molecule has 0 N–H and O–H groups in total. The smallest absolute Gasteiger partial charge is 0.227 e. The lowest BCUT2D eigenvalue weighted by Crippen LogP contribution is -2.22. The Bertz CT molecular complexity index is 484. The minimum Gasteiger partial charge on any atom is -0.304 e. The Labute approximate surface area is 92.1 Å². The van der Waals surface area contributed by atoms with Crippen molar-refractivity contribution in [3.05, 3.63) is 30.3 Å². The van der Waals surface area contributed by atoms with Crippen LogP contribution in [-0.2, 0) is 4.79 Å². The maximum Gasteiger partial charge on any atom is 0.227 e. The number of hydrogen-bond acceptors (Lipinski definition) is 2. The van der Waals surface area contributed by atoms with E-state index >= 15 is 0 Å². The van der Waals surface area contributed by atoms with Crippen LogP contribution >= 0.6 is 11.3 Å². The summed E-state index contributed by atoms with van der Waals surface area (Å²) in [6, 6.07) is 10.4. The molecule has 3 rings (SSSR count). The van der Waals surface area contributed by atoms with Crippen molar-refractivity contribution in [2.45, 2.75) is 12.8 Å². The number of thiophene rings is 1. The van der Waals surface area contributed by atoms with Crippen molar-refractivity contribution < 1.29 is 4.79 Å². The molecular weight excluding hydrogens is 206 g/mol. The first kappa shape index (κ1) is 8.92. The van der Waals surface area contributed by atoms with Crippen LogP contribution in [0.4, 0.5) is 5.00 Å². The Morgan fingerprint density at radius 2 is 2.13 bits per heavy atom. The molecule has 1 aromatic heterocycles. The summed E-state index contributed by atoms with van der Waals surface area (Å²) in [6.45, 7) is 0.881. The first-order chi connectivity index (χ1) is 7.34. The SMILES string of the molecule is O=C1CCCN1c1cc2ccccc2s1. The molecule has 0 saturated carbocycles. The molecule has 2 heterocycles. The highest BCUT2D eigenvalue weighted by atomic mass is 32.1. The lowest BCUT2D eigenvalue weighted by Gasteiger charge is -2.11. The van der Waals surface area contributed by atoms with E-state index in [2.05, 4.69) is 18.2 Å². The third-order valence-electron chi connectivity index (χ3n) is 2.75. The van der Waals surface area contributed by atoms with Gasteiger partial charge in [0, 0.05) is 17.7 Å². The molecule has 2 aromatic rings. The second-order valence-electron chi connectivity index (χ2n) is 3.77. The molecular formula is C12H11NOS. The van der Waals surface area contributed by atoms with E-state index in [0.717, 1.165) is 18.0 Å².